The lowest BCUT2D eigenvalue weighted by Gasteiger charge is -2.14. The summed E-state index contributed by atoms with van der Waals surface area (Å²) >= 11 is 8.03. The number of aromatic nitrogens is 3. The molecule has 15 heavy (non-hydrogen) atoms. The average molecular weight is 246 g/mol. The number of rotatable bonds is 3. The van der Waals surface area contributed by atoms with Gasteiger partial charge in [-0.15, -0.1) is 10.2 Å². The lowest BCUT2D eigenvalue weighted by atomic mass is 10.2. The Morgan fingerprint density at radius 1 is 1.47 bits per heavy atom. The number of hydrogen-bond acceptors (Lipinski definition) is 3. The summed E-state index contributed by atoms with van der Waals surface area (Å²) in [7, 11) is 0. The zero-order valence-corrected chi connectivity index (χ0v) is 10.7. The lowest BCUT2D eigenvalue weighted by molar-refractivity contribution is 0.500. The van der Waals surface area contributed by atoms with Crippen LogP contribution in [0.4, 0.5) is 0 Å². The highest BCUT2D eigenvalue weighted by Crippen LogP contribution is 2.37. The van der Waals surface area contributed by atoms with Crippen molar-refractivity contribution in [3.63, 3.8) is 0 Å². The van der Waals surface area contributed by atoms with Crippen LogP contribution in [0, 0.1) is 0 Å². The van der Waals surface area contributed by atoms with E-state index >= 15 is 0 Å². The van der Waals surface area contributed by atoms with Crippen LogP contribution in [-0.2, 0) is 6.42 Å². The smallest absolute Gasteiger partial charge is 0.225 e. The highest BCUT2D eigenvalue weighted by atomic mass is 35.5. The minimum Gasteiger partial charge on any atom is -0.299 e. The second kappa shape index (κ2) is 4.74. The van der Waals surface area contributed by atoms with E-state index in [1.54, 1.807) is 0 Å². The summed E-state index contributed by atoms with van der Waals surface area (Å²) in [6.45, 7) is 2.10. The second-order valence-electron chi connectivity index (χ2n) is 3.93. The van der Waals surface area contributed by atoms with Gasteiger partial charge in [-0.3, -0.25) is 4.57 Å². The lowest BCUT2D eigenvalue weighted by Crippen LogP contribution is -2.10. The van der Waals surface area contributed by atoms with Gasteiger partial charge in [0.25, 0.3) is 0 Å². The molecule has 1 heterocycles. The van der Waals surface area contributed by atoms with Crippen LogP contribution >= 0.6 is 23.4 Å². The zero-order chi connectivity index (χ0) is 10.8. The van der Waals surface area contributed by atoms with E-state index in [-0.39, 0.29) is 0 Å². The summed E-state index contributed by atoms with van der Waals surface area (Å²) in [4.78, 5) is 0. The second-order valence-corrected chi connectivity index (χ2v) is 5.41. The summed E-state index contributed by atoms with van der Waals surface area (Å²) in [6.07, 6.45) is 6.77. The molecular formula is C10H16ClN3S. The predicted molar refractivity (Wildman–Crippen MR) is 64.6 cm³/mol. The van der Waals surface area contributed by atoms with Crippen LogP contribution < -0.4 is 0 Å². The molecule has 1 saturated carbocycles. The Balaban J connectivity index is 2.19. The first kappa shape index (κ1) is 11.3. The van der Waals surface area contributed by atoms with Crippen LogP contribution in [0.5, 0.6) is 0 Å². The van der Waals surface area contributed by atoms with Crippen molar-refractivity contribution < 1.29 is 0 Å². The van der Waals surface area contributed by atoms with Gasteiger partial charge in [0, 0.05) is 17.7 Å². The molecule has 2 rings (SSSR count). The highest BCUT2D eigenvalue weighted by Gasteiger charge is 2.28. The van der Waals surface area contributed by atoms with Crippen LogP contribution in [0.15, 0.2) is 0 Å². The molecular weight excluding hydrogens is 230 g/mol. The number of aryl methyl sites for hydroxylation is 1. The number of thioether (sulfide) groups is 1. The topological polar surface area (TPSA) is 30.7 Å². The van der Waals surface area contributed by atoms with Crippen molar-refractivity contribution in [2.24, 2.45) is 0 Å². The van der Waals surface area contributed by atoms with E-state index in [4.69, 9.17) is 11.6 Å². The SMILES string of the molecule is CCc1nnc(Cl)n1C1CCC(SC)C1. The summed E-state index contributed by atoms with van der Waals surface area (Å²) in [5.41, 5.74) is 0. The zero-order valence-electron chi connectivity index (χ0n) is 9.11. The van der Waals surface area contributed by atoms with Gasteiger partial charge in [0.15, 0.2) is 0 Å². The fourth-order valence-electron chi connectivity index (χ4n) is 2.27. The Morgan fingerprint density at radius 3 is 2.87 bits per heavy atom. The molecule has 5 heteroatoms. The van der Waals surface area contributed by atoms with Crippen molar-refractivity contribution in [3.05, 3.63) is 11.1 Å². The van der Waals surface area contributed by atoms with Gasteiger partial charge in [0.05, 0.1) is 0 Å². The molecule has 0 aromatic carbocycles. The van der Waals surface area contributed by atoms with Crippen LogP contribution in [0.3, 0.4) is 0 Å². The maximum atomic E-state index is 6.08. The molecule has 0 radical (unpaired) electrons. The Kier molecular flexibility index (Phi) is 3.57. The minimum atomic E-state index is 0.514. The van der Waals surface area contributed by atoms with E-state index in [0.29, 0.717) is 11.3 Å². The van der Waals surface area contributed by atoms with E-state index in [0.717, 1.165) is 17.5 Å². The average Bonchev–Trinajstić information content (AvgIpc) is 2.83. The van der Waals surface area contributed by atoms with Crippen molar-refractivity contribution in [2.45, 2.75) is 43.9 Å². The normalized spacial score (nSPS) is 26.1. The largest absolute Gasteiger partial charge is 0.299 e. The van der Waals surface area contributed by atoms with Gasteiger partial charge in [0.2, 0.25) is 5.28 Å². The van der Waals surface area contributed by atoms with Gasteiger partial charge < -0.3 is 0 Å². The van der Waals surface area contributed by atoms with Crippen LogP contribution in [0.2, 0.25) is 5.28 Å². The van der Waals surface area contributed by atoms with E-state index in [9.17, 15) is 0 Å². The Morgan fingerprint density at radius 2 is 2.27 bits per heavy atom. The third-order valence-electron chi connectivity index (χ3n) is 3.10. The van der Waals surface area contributed by atoms with Crippen LogP contribution in [-0.4, -0.2) is 26.3 Å². The van der Waals surface area contributed by atoms with Gasteiger partial charge in [0.1, 0.15) is 5.82 Å². The first-order valence-electron chi connectivity index (χ1n) is 5.38. The van der Waals surface area contributed by atoms with Crippen molar-refractivity contribution in [3.8, 4) is 0 Å². The van der Waals surface area contributed by atoms with Crippen molar-refractivity contribution in [1.82, 2.24) is 14.8 Å². The molecule has 0 N–H and O–H groups in total. The summed E-state index contributed by atoms with van der Waals surface area (Å²) in [6, 6.07) is 0.514. The molecule has 2 unspecified atom stereocenters. The third kappa shape index (κ3) is 2.16. The summed E-state index contributed by atoms with van der Waals surface area (Å²) < 4.78 is 2.12. The molecule has 84 valence electrons. The van der Waals surface area contributed by atoms with E-state index in [2.05, 4.69) is 27.9 Å². The van der Waals surface area contributed by atoms with Crippen LogP contribution in [0.1, 0.15) is 38.1 Å². The number of hydrogen-bond donors (Lipinski definition) is 0. The van der Waals surface area contributed by atoms with Gasteiger partial charge in [-0.25, -0.2) is 0 Å². The summed E-state index contributed by atoms with van der Waals surface area (Å²) in [5.74, 6) is 1.02. The molecule has 2 atom stereocenters. The molecule has 0 bridgehead atoms. The molecule has 1 aromatic rings. The predicted octanol–water partition coefficient (Wildman–Crippen LogP) is 2.95. The van der Waals surface area contributed by atoms with E-state index in [1.807, 2.05) is 11.8 Å². The molecule has 3 nitrogen and oxygen atoms in total. The molecule has 0 spiro atoms. The molecule has 0 amide bonds. The highest BCUT2D eigenvalue weighted by molar-refractivity contribution is 7.99. The Bertz CT molecular complexity index is 339. The maximum Gasteiger partial charge on any atom is 0.225 e. The molecule has 0 aliphatic heterocycles. The Labute approximate surface area is 99.6 Å². The van der Waals surface area contributed by atoms with Gasteiger partial charge >= 0.3 is 0 Å². The molecule has 1 aliphatic rings. The molecule has 1 aliphatic carbocycles. The van der Waals surface area contributed by atoms with Crippen molar-refractivity contribution in [1.29, 1.82) is 0 Å². The standard InChI is InChI=1S/C10H16ClN3S/c1-3-9-12-13-10(11)14(9)7-4-5-8(6-7)15-2/h7-8H,3-6H2,1-2H3. The van der Waals surface area contributed by atoms with E-state index in [1.165, 1.54) is 19.3 Å². The molecule has 0 saturated heterocycles. The third-order valence-corrected chi connectivity index (χ3v) is 4.45. The quantitative estimate of drug-likeness (QED) is 0.821. The van der Waals surface area contributed by atoms with Gasteiger partial charge in [-0.05, 0) is 37.1 Å². The first-order valence-corrected chi connectivity index (χ1v) is 7.05. The number of halogens is 1. The van der Waals surface area contributed by atoms with Crippen LogP contribution in [0.25, 0.3) is 0 Å². The first-order chi connectivity index (χ1) is 7.26. The van der Waals surface area contributed by atoms with Crippen molar-refractivity contribution in [2.75, 3.05) is 6.26 Å². The van der Waals surface area contributed by atoms with E-state index < -0.39 is 0 Å². The molecule has 1 fully saturated rings. The Hall–Kier alpha value is -0.220. The molecule has 1 aromatic heterocycles. The van der Waals surface area contributed by atoms with Gasteiger partial charge in [-0.2, -0.15) is 11.8 Å². The van der Waals surface area contributed by atoms with Gasteiger partial charge in [-0.1, -0.05) is 6.92 Å². The fourth-order valence-corrected chi connectivity index (χ4v) is 3.33. The monoisotopic (exact) mass is 245 g/mol. The number of nitrogens with zero attached hydrogens (tertiary/aromatic N) is 3. The minimum absolute atomic E-state index is 0.514. The fraction of sp³-hybridized carbons (Fsp3) is 0.800. The summed E-state index contributed by atoms with van der Waals surface area (Å²) in [5, 5.41) is 9.39. The maximum absolute atomic E-state index is 6.08. The van der Waals surface area contributed by atoms with Crippen molar-refractivity contribution >= 4 is 23.4 Å².